The summed E-state index contributed by atoms with van der Waals surface area (Å²) in [5.41, 5.74) is 3.43. The average Bonchev–Trinajstić information content (AvgIpc) is 2.85. The first-order chi connectivity index (χ1) is 9.34. The van der Waals surface area contributed by atoms with E-state index < -0.39 is 0 Å². The zero-order chi connectivity index (χ0) is 13.1. The van der Waals surface area contributed by atoms with E-state index in [4.69, 9.17) is 11.6 Å². The Kier molecular flexibility index (Phi) is 3.49. The molecule has 19 heavy (non-hydrogen) atoms. The van der Waals surface area contributed by atoms with Gasteiger partial charge in [-0.25, -0.2) is 4.52 Å². The van der Waals surface area contributed by atoms with Crippen LogP contribution in [0.25, 0.3) is 5.52 Å². The number of benzene rings is 1. The molecule has 0 aliphatic rings. The Morgan fingerprint density at radius 1 is 1.00 bits per heavy atom. The summed E-state index contributed by atoms with van der Waals surface area (Å²) < 4.78 is 1.88. The van der Waals surface area contributed by atoms with Crippen molar-refractivity contribution in [1.82, 2.24) is 14.9 Å². The van der Waals surface area contributed by atoms with Crippen LogP contribution in [0.2, 0.25) is 5.02 Å². The molecule has 0 radical (unpaired) electrons. The normalized spacial score (nSPS) is 11.0. The zero-order valence-corrected chi connectivity index (χ0v) is 11.1. The molecule has 0 bridgehead atoms. The number of hydrogen-bond acceptors (Lipinski definition) is 2. The first-order valence-electron chi connectivity index (χ1n) is 6.20. The second-order valence-electron chi connectivity index (χ2n) is 4.40. The molecule has 0 unspecified atom stereocenters. The lowest BCUT2D eigenvalue weighted by Crippen LogP contribution is -2.12. The third-order valence-electron chi connectivity index (χ3n) is 3.10. The first-order valence-corrected chi connectivity index (χ1v) is 6.58. The SMILES string of the molecule is Clc1ccccc1CNCc1cnn2ccccc12. The molecule has 0 amide bonds. The summed E-state index contributed by atoms with van der Waals surface area (Å²) in [4.78, 5) is 0. The van der Waals surface area contributed by atoms with E-state index in [1.165, 1.54) is 5.56 Å². The number of aromatic nitrogens is 2. The fraction of sp³-hybridized carbons (Fsp3) is 0.133. The van der Waals surface area contributed by atoms with Gasteiger partial charge in [0.25, 0.3) is 0 Å². The highest BCUT2D eigenvalue weighted by Crippen LogP contribution is 2.15. The van der Waals surface area contributed by atoms with Crippen LogP contribution in [0.15, 0.2) is 54.9 Å². The molecule has 1 aromatic carbocycles. The van der Waals surface area contributed by atoms with Crippen molar-refractivity contribution in [2.75, 3.05) is 0 Å². The third kappa shape index (κ3) is 2.62. The largest absolute Gasteiger partial charge is 0.308 e. The Bertz CT molecular complexity index is 690. The first kappa shape index (κ1) is 12.2. The van der Waals surface area contributed by atoms with Crippen molar-refractivity contribution < 1.29 is 0 Å². The molecule has 2 aromatic heterocycles. The van der Waals surface area contributed by atoms with Gasteiger partial charge >= 0.3 is 0 Å². The van der Waals surface area contributed by atoms with Gasteiger partial charge in [-0.15, -0.1) is 0 Å². The summed E-state index contributed by atoms with van der Waals surface area (Å²) >= 11 is 6.12. The van der Waals surface area contributed by atoms with Crippen molar-refractivity contribution in [2.45, 2.75) is 13.1 Å². The summed E-state index contributed by atoms with van der Waals surface area (Å²) in [5, 5.41) is 8.51. The highest BCUT2D eigenvalue weighted by molar-refractivity contribution is 6.31. The highest BCUT2D eigenvalue weighted by atomic mass is 35.5. The van der Waals surface area contributed by atoms with Crippen molar-refractivity contribution in [3.05, 3.63) is 71.0 Å². The number of nitrogens with zero attached hydrogens (tertiary/aromatic N) is 2. The standard InChI is InChI=1S/C15H14ClN3/c16-14-6-2-1-5-12(14)9-17-10-13-11-18-19-8-4-3-7-15(13)19/h1-8,11,17H,9-10H2. The van der Waals surface area contributed by atoms with Gasteiger partial charge in [-0.1, -0.05) is 35.9 Å². The molecule has 96 valence electrons. The maximum atomic E-state index is 6.12. The lowest BCUT2D eigenvalue weighted by Gasteiger charge is -2.05. The molecule has 0 spiro atoms. The van der Waals surface area contributed by atoms with Gasteiger partial charge in [0.1, 0.15) is 0 Å². The lowest BCUT2D eigenvalue weighted by molar-refractivity contribution is 0.696. The van der Waals surface area contributed by atoms with Crippen molar-refractivity contribution in [1.29, 1.82) is 0 Å². The van der Waals surface area contributed by atoms with Gasteiger partial charge in [0.2, 0.25) is 0 Å². The highest BCUT2D eigenvalue weighted by Gasteiger charge is 2.03. The summed E-state index contributed by atoms with van der Waals surface area (Å²) in [6.45, 7) is 1.53. The molecule has 3 aromatic rings. The van der Waals surface area contributed by atoms with Crippen LogP contribution in [0.3, 0.4) is 0 Å². The molecule has 0 aliphatic carbocycles. The van der Waals surface area contributed by atoms with E-state index in [0.29, 0.717) is 0 Å². The molecule has 3 nitrogen and oxygen atoms in total. The molecule has 0 fully saturated rings. The monoisotopic (exact) mass is 271 g/mol. The molecule has 0 aliphatic heterocycles. The quantitative estimate of drug-likeness (QED) is 0.789. The van der Waals surface area contributed by atoms with E-state index in [2.05, 4.69) is 16.5 Å². The fourth-order valence-electron chi connectivity index (χ4n) is 2.10. The Balaban J connectivity index is 1.68. The molecule has 0 saturated heterocycles. The molecule has 4 heteroatoms. The molecule has 0 saturated carbocycles. The topological polar surface area (TPSA) is 29.3 Å². The summed E-state index contributed by atoms with van der Waals surface area (Å²) in [7, 11) is 0. The second kappa shape index (κ2) is 5.43. The molecular weight excluding hydrogens is 258 g/mol. The van der Waals surface area contributed by atoms with E-state index in [0.717, 1.165) is 29.2 Å². The molecule has 1 N–H and O–H groups in total. The number of halogens is 1. The van der Waals surface area contributed by atoms with E-state index in [9.17, 15) is 0 Å². The zero-order valence-electron chi connectivity index (χ0n) is 10.4. The molecule has 2 heterocycles. The van der Waals surface area contributed by atoms with Gasteiger partial charge in [-0.2, -0.15) is 5.10 Å². The fourth-order valence-corrected chi connectivity index (χ4v) is 2.30. The summed E-state index contributed by atoms with van der Waals surface area (Å²) in [6.07, 6.45) is 3.85. The predicted molar refractivity (Wildman–Crippen MR) is 77.2 cm³/mol. The van der Waals surface area contributed by atoms with E-state index >= 15 is 0 Å². The molecular formula is C15H14ClN3. The van der Waals surface area contributed by atoms with Gasteiger partial charge in [-0.3, -0.25) is 0 Å². The van der Waals surface area contributed by atoms with Gasteiger partial charge < -0.3 is 5.32 Å². The van der Waals surface area contributed by atoms with Crippen LogP contribution in [0.4, 0.5) is 0 Å². The third-order valence-corrected chi connectivity index (χ3v) is 3.46. The Morgan fingerprint density at radius 2 is 1.79 bits per heavy atom. The van der Waals surface area contributed by atoms with Crippen molar-refractivity contribution >= 4 is 17.1 Å². The number of pyridine rings is 1. The summed E-state index contributed by atoms with van der Waals surface area (Å²) in [5.74, 6) is 0. The number of hydrogen-bond donors (Lipinski definition) is 1. The van der Waals surface area contributed by atoms with Gasteiger partial charge in [0, 0.05) is 29.9 Å². The van der Waals surface area contributed by atoms with E-state index in [1.54, 1.807) is 0 Å². The van der Waals surface area contributed by atoms with Crippen LogP contribution >= 0.6 is 11.6 Å². The number of fused-ring (bicyclic) bond motifs is 1. The predicted octanol–water partition coefficient (Wildman–Crippen LogP) is 3.28. The average molecular weight is 272 g/mol. The van der Waals surface area contributed by atoms with Crippen LogP contribution < -0.4 is 5.32 Å². The van der Waals surface area contributed by atoms with Gasteiger partial charge in [0.15, 0.2) is 0 Å². The smallest absolute Gasteiger partial charge is 0.0706 e. The van der Waals surface area contributed by atoms with Gasteiger partial charge in [0.05, 0.1) is 11.7 Å². The number of rotatable bonds is 4. The Labute approximate surface area is 116 Å². The van der Waals surface area contributed by atoms with E-state index in [1.807, 2.05) is 53.3 Å². The van der Waals surface area contributed by atoms with E-state index in [-0.39, 0.29) is 0 Å². The van der Waals surface area contributed by atoms with Gasteiger partial charge in [-0.05, 0) is 23.8 Å². The lowest BCUT2D eigenvalue weighted by atomic mass is 10.2. The van der Waals surface area contributed by atoms with Crippen LogP contribution in [0, 0.1) is 0 Å². The maximum Gasteiger partial charge on any atom is 0.0706 e. The summed E-state index contributed by atoms with van der Waals surface area (Å²) in [6, 6.07) is 13.9. The minimum atomic E-state index is 0.754. The van der Waals surface area contributed by atoms with Crippen LogP contribution in [-0.4, -0.2) is 9.61 Å². The maximum absolute atomic E-state index is 6.12. The van der Waals surface area contributed by atoms with Crippen molar-refractivity contribution in [2.24, 2.45) is 0 Å². The van der Waals surface area contributed by atoms with Crippen LogP contribution in [-0.2, 0) is 13.1 Å². The van der Waals surface area contributed by atoms with Crippen molar-refractivity contribution in [3.8, 4) is 0 Å². The van der Waals surface area contributed by atoms with Crippen LogP contribution in [0.1, 0.15) is 11.1 Å². The van der Waals surface area contributed by atoms with Crippen molar-refractivity contribution in [3.63, 3.8) is 0 Å². The molecule has 0 atom stereocenters. The second-order valence-corrected chi connectivity index (χ2v) is 4.80. The van der Waals surface area contributed by atoms with Crippen LogP contribution in [0.5, 0.6) is 0 Å². The Morgan fingerprint density at radius 3 is 2.68 bits per heavy atom. The minimum Gasteiger partial charge on any atom is -0.308 e. The minimum absolute atomic E-state index is 0.754. The Hall–Kier alpha value is -1.84. The number of nitrogens with one attached hydrogen (secondary N) is 1. The molecule has 3 rings (SSSR count).